The van der Waals surface area contributed by atoms with E-state index in [1.807, 2.05) is 0 Å². The van der Waals surface area contributed by atoms with E-state index in [0.29, 0.717) is 16.0 Å². The Morgan fingerprint density at radius 2 is 2.10 bits per heavy atom. The first-order chi connectivity index (χ1) is 8.94. The molecule has 3 N–H and O–H groups in total. The van der Waals surface area contributed by atoms with Crippen LogP contribution < -0.4 is 10.5 Å². The predicted molar refractivity (Wildman–Crippen MR) is 86.9 cm³/mol. The summed E-state index contributed by atoms with van der Waals surface area (Å²) in [5.41, 5.74) is 5.66. The molecule has 1 fully saturated rings. The molecule has 1 saturated carbocycles. The summed E-state index contributed by atoms with van der Waals surface area (Å²) in [4.78, 5) is 0.184. The molecule has 0 bridgehead atoms. The van der Waals surface area contributed by atoms with Crippen molar-refractivity contribution in [2.75, 3.05) is 6.54 Å². The molecule has 114 valence electrons. The lowest BCUT2D eigenvalue weighted by atomic mass is 10.1. The van der Waals surface area contributed by atoms with Crippen molar-refractivity contribution in [3.8, 4) is 0 Å². The molecule has 0 heterocycles. The highest BCUT2D eigenvalue weighted by molar-refractivity contribution is 9.10. The summed E-state index contributed by atoms with van der Waals surface area (Å²) >= 11 is 9.17. The lowest BCUT2D eigenvalue weighted by Crippen LogP contribution is -2.39. The first kappa shape index (κ1) is 18.2. The quantitative estimate of drug-likeness (QED) is 0.811. The van der Waals surface area contributed by atoms with Crippen LogP contribution in [0.1, 0.15) is 19.3 Å². The lowest BCUT2D eigenvalue weighted by molar-refractivity contribution is 0.453. The van der Waals surface area contributed by atoms with Gasteiger partial charge in [0.15, 0.2) is 0 Å². The van der Waals surface area contributed by atoms with Gasteiger partial charge < -0.3 is 5.73 Å². The number of rotatable bonds is 4. The number of hydrogen-bond acceptors (Lipinski definition) is 3. The Bertz CT molecular complexity index is 569. The minimum Gasteiger partial charge on any atom is -0.330 e. The van der Waals surface area contributed by atoms with Crippen molar-refractivity contribution in [2.24, 2.45) is 11.7 Å². The number of sulfonamides is 1. The summed E-state index contributed by atoms with van der Waals surface area (Å²) in [7, 11) is -3.54. The molecule has 0 saturated heterocycles. The summed E-state index contributed by atoms with van der Waals surface area (Å²) in [5, 5.41) is 0.379. The molecule has 20 heavy (non-hydrogen) atoms. The molecule has 2 atom stereocenters. The van der Waals surface area contributed by atoms with E-state index in [1.165, 1.54) is 12.1 Å². The van der Waals surface area contributed by atoms with Crippen molar-refractivity contribution in [1.29, 1.82) is 0 Å². The van der Waals surface area contributed by atoms with Gasteiger partial charge in [0.25, 0.3) is 0 Å². The highest BCUT2D eigenvalue weighted by atomic mass is 79.9. The van der Waals surface area contributed by atoms with Crippen LogP contribution in [0, 0.1) is 5.92 Å². The first-order valence-corrected chi connectivity index (χ1v) is 8.77. The molecule has 1 aliphatic carbocycles. The van der Waals surface area contributed by atoms with Crippen LogP contribution in [-0.2, 0) is 10.0 Å². The zero-order valence-corrected chi connectivity index (χ0v) is 14.7. The van der Waals surface area contributed by atoms with Gasteiger partial charge in [-0.1, -0.05) is 18.0 Å². The molecule has 0 aliphatic heterocycles. The fraction of sp³-hybridized carbons (Fsp3) is 0.500. The van der Waals surface area contributed by atoms with Crippen molar-refractivity contribution in [2.45, 2.75) is 30.2 Å². The Hall–Kier alpha value is 0.150. The molecule has 1 aromatic carbocycles. The molecular weight excluding hydrogens is 387 g/mol. The monoisotopic (exact) mass is 402 g/mol. The van der Waals surface area contributed by atoms with Crippen LogP contribution in [-0.4, -0.2) is 21.0 Å². The average Bonchev–Trinajstić information content (AvgIpc) is 2.79. The van der Waals surface area contributed by atoms with Crippen LogP contribution >= 0.6 is 39.9 Å². The Labute approximate surface area is 139 Å². The highest BCUT2D eigenvalue weighted by Crippen LogP contribution is 2.28. The molecule has 8 heteroatoms. The van der Waals surface area contributed by atoms with Crippen LogP contribution in [0.4, 0.5) is 0 Å². The van der Waals surface area contributed by atoms with E-state index in [1.54, 1.807) is 6.07 Å². The minimum absolute atomic E-state index is 0. The third-order valence-electron chi connectivity index (χ3n) is 3.47. The van der Waals surface area contributed by atoms with Gasteiger partial charge in [0.2, 0.25) is 10.0 Å². The van der Waals surface area contributed by atoms with E-state index < -0.39 is 10.0 Å². The van der Waals surface area contributed by atoms with E-state index in [2.05, 4.69) is 20.7 Å². The van der Waals surface area contributed by atoms with Gasteiger partial charge >= 0.3 is 0 Å². The summed E-state index contributed by atoms with van der Waals surface area (Å²) in [5.74, 6) is 0.223. The van der Waals surface area contributed by atoms with Crippen molar-refractivity contribution >= 4 is 50.0 Å². The first-order valence-electron chi connectivity index (χ1n) is 6.11. The van der Waals surface area contributed by atoms with E-state index in [-0.39, 0.29) is 29.3 Å². The van der Waals surface area contributed by atoms with E-state index >= 15 is 0 Å². The Kier molecular flexibility index (Phi) is 6.76. The summed E-state index contributed by atoms with van der Waals surface area (Å²) in [6.45, 7) is 0.508. The van der Waals surface area contributed by atoms with Crippen LogP contribution in [0.25, 0.3) is 0 Å². The normalized spacial score (nSPS) is 22.6. The second-order valence-electron chi connectivity index (χ2n) is 4.73. The smallest absolute Gasteiger partial charge is 0.240 e. The van der Waals surface area contributed by atoms with Gasteiger partial charge in [-0.2, -0.15) is 0 Å². The van der Waals surface area contributed by atoms with Gasteiger partial charge in [-0.15, -0.1) is 12.4 Å². The summed E-state index contributed by atoms with van der Waals surface area (Å²) < 4.78 is 28.0. The highest BCUT2D eigenvalue weighted by Gasteiger charge is 2.30. The lowest BCUT2D eigenvalue weighted by Gasteiger charge is -2.19. The van der Waals surface area contributed by atoms with Gasteiger partial charge in [0, 0.05) is 10.5 Å². The number of halogens is 3. The molecule has 0 radical (unpaired) electrons. The Balaban J connectivity index is 0.00000200. The number of nitrogens with one attached hydrogen (secondary N) is 1. The number of nitrogens with two attached hydrogens (primary N) is 1. The zero-order chi connectivity index (χ0) is 14.0. The van der Waals surface area contributed by atoms with Crippen LogP contribution in [0.3, 0.4) is 0 Å². The second kappa shape index (κ2) is 7.42. The molecular formula is C12H17BrCl2N2O2S. The van der Waals surface area contributed by atoms with Crippen LogP contribution in [0.15, 0.2) is 27.6 Å². The molecule has 2 unspecified atom stereocenters. The summed E-state index contributed by atoms with van der Waals surface area (Å²) in [6.07, 6.45) is 2.83. The molecule has 1 aliphatic rings. The second-order valence-corrected chi connectivity index (χ2v) is 7.71. The van der Waals surface area contributed by atoms with Crippen molar-refractivity contribution in [3.63, 3.8) is 0 Å². The summed E-state index contributed by atoms with van der Waals surface area (Å²) in [6, 6.07) is 4.54. The van der Waals surface area contributed by atoms with Gasteiger partial charge in [0.05, 0.1) is 9.92 Å². The predicted octanol–water partition coefficient (Wildman–Crippen LogP) is 2.93. The number of benzene rings is 1. The molecule has 0 amide bonds. The molecule has 2 rings (SSSR count). The Morgan fingerprint density at radius 1 is 1.40 bits per heavy atom. The van der Waals surface area contributed by atoms with Crippen molar-refractivity contribution in [1.82, 2.24) is 4.72 Å². The van der Waals surface area contributed by atoms with Crippen molar-refractivity contribution in [3.05, 3.63) is 27.7 Å². The third-order valence-corrected chi connectivity index (χ3v) is 6.19. The minimum atomic E-state index is -3.54. The standard InChI is InChI=1S/C12H16BrClN2O2S.ClH/c13-10-5-4-9(6-11(10)14)19(17,18)16-12-3-1-2-8(12)7-15;/h4-6,8,12,16H,1-3,7,15H2;1H. The van der Waals surface area contributed by atoms with Gasteiger partial charge in [-0.05, 0) is 59.4 Å². The Morgan fingerprint density at radius 3 is 2.70 bits per heavy atom. The topological polar surface area (TPSA) is 72.2 Å². The molecule has 1 aromatic rings. The third kappa shape index (κ3) is 4.08. The van der Waals surface area contributed by atoms with Crippen LogP contribution in [0.2, 0.25) is 5.02 Å². The maximum absolute atomic E-state index is 12.3. The van der Waals surface area contributed by atoms with Gasteiger partial charge in [0.1, 0.15) is 0 Å². The van der Waals surface area contributed by atoms with Gasteiger partial charge in [-0.3, -0.25) is 0 Å². The molecule has 4 nitrogen and oxygen atoms in total. The SMILES string of the molecule is Cl.NCC1CCCC1NS(=O)(=O)c1ccc(Br)c(Cl)c1. The fourth-order valence-electron chi connectivity index (χ4n) is 2.39. The maximum atomic E-state index is 12.3. The largest absolute Gasteiger partial charge is 0.330 e. The van der Waals surface area contributed by atoms with Gasteiger partial charge in [-0.25, -0.2) is 13.1 Å². The van der Waals surface area contributed by atoms with Crippen molar-refractivity contribution < 1.29 is 8.42 Å². The van der Waals surface area contributed by atoms with E-state index in [9.17, 15) is 8.42 Å². The molecule has 0 aromatic heterocycles. The fourth-order valence-corrected chi connectivity index (χ4v) is 4.24. The average molecular weight is 404 g/mol. The number of hydrogen-bond donors (Lipinski definition) is 2. The maximum Gasteiger partial charge on any atom is 0.240 e. The van der Waals surface area contributed by atoms with Crippen LogP contribution in [0.5, 0.6) is 0 Å². The molecule has 0 spiro atoms. The zero-order valence-electron chi connectivity index (χ0n) is 10.7. The van der Waals surface area contributed by atoms with E-state index in [4.69, 9.17) is 17.3 Å². The van der Waals surface area contributed by atoms with E-state index in [0.717, 1.165) is 19.3 Å².